The van der Waals surface area contributed by atoms with Crippen molar-refractivity contribution in [2.45, 2.75) is 51.9 Å². The fraction of sp³-hybridized carbons (Fsp3) is 0.933. The number of hydrogen-bond donors (Lipinski definition) is 1. The van der Waals surface area contributed by atoms with E-state index in [4.69, 9.17) is 5.11 Å². The number of carboxylic acids is 1. The lowest BCUT2D eigenvalue weighted by Crippen LogP contribution is -2.47. The second kappa shape index (κ2) is 4.29. The Bertz CT molecular complexity index is 282. The third-order valence-corrected chi connectivity index (χ3v) is 5.81. The topological polar surface area (TPSA) is 37.3 Å². The van der Waals surface area contributed by atoms with E-state index in [0.29, 0.717) is 12.3 Å². The van der Waals surface area contributed by atoms with Crippen LogP contribution in [0.3, 0.4) is 0 Å². The molecule has 1 N–H and O–H groups in total. The van der Waals surface area contributed by atoms with Crippen LogP contribution in [0.1, 0.15) is 51.9 Å². The van der Waals surface area contributed by atoms with Gasteiger partial charge in [0, 0.05) is 6.42 Å². The first-order valence-electron chi connectivity index (χ1n) is 7.39. The molecule has 2 heteroatoms. The number of carboxylic acid groups (broad SMARTS) is 1. The number of hydrogen-bond acceptors (Lipinski definition) is 1. The Hall–Kier alpha value is -0.530. The van der Waals surface area contributed by atoms with Crippen molar-refractivity contribution in [1.82, 2.24) is 0 Å². The highest BCUT2D eigenvalue weighted by Gasteiger charge is 2.50. The first-order valence-corrected chi connectivity index (χ1v) is 7.39. The molecule has 0 radical (unpaired) electrons. The molecule has 0 aliphatic heterocycles. The van der Waals surface area contributed by atoms with Gasteiger partial charge in [0.15, 0.2) is 0 Å². The second-order valence-electron chi connectivity index (χ2n) is 6.77. The lowest BCUT2D eigenvalue weighted by atomic mass is 9.49. The highest BCUT2D eigenvalue weighted by atomic mass is 16.4. The third kappa shape index (κ3) is 2.00. The molecule has 4 saturated carbocycles. The van der Waals surface area contributed by atoms with E-state index in [1.165, 1.54) is 32.1 Å². The maximum atomic E-state index is 11.0. The minimum atomic E-state index is -0.592. The second-order valence-corrected chi connectivity index (χ2v) is 6.77. The highest BCUT2D eigenvalue weighted by Crippen LogP contribution is 2.59. The monoisotopic (exact) mass is 236 g/mol. The van der Waals surface area contributed by atoms with E-state index in [0.717, 1.165) is 36.0 Å². The molecule has 4 bridgehead atoms. The predicted molar refractivity (Wildman–Crippen MR) is 66.6 cm³/mol. The first-order chi connectivity index (χ1) is 8.17. The van der Waals surface area contributed by atoms with Gasteiger partial charge >= 0.3 is 5.97 Å². The quantitative estimate of drug-likeness (QED) is 0.810. The summed E-state index contributed by atoms with van der Waals surface area (Å²) in [5, 5.41) is 9.07. The zero-order valence-corrected chi connectivity index (χ0v) is 10.8. The molecule has 4 fully saturated rings. The Kier molecular flexibility index (Phi) is 2.92. The van der Waals surface area contributed by atoms with Gasteiger partial charge in [0.05, 0.1) is 0 Å². The largest absolute Gasteiger partial charge is 0.481 e. The van der Waals surface area contributed by atoms with Crippen molar-refractivity contribution in [3.8, 4) is 0 Å². The maximum Gasteiger partial charge on any atom is 0.303 e. The van der Waals surface area contributed by atoms with Gasteiger partial charge in [-0.05, 0) is 67.6 Å². The fourth-order valence-corrected chi connectivity index (χ4v) is 5.51. The smallest absolute Gasteiger partial charge is 0.303 e. The van der Waals surface area contributed by atoms with Crippen molar-refractivity contribution in [3.05, 3.63) is 0 Å². The number of rotatable bonds is 4. The molecule has 0 amide bonds. The van der Waals surface area contributed by atoms with Crippen molar-refractivity contribution in [2.24, 2.45) is 35.5 Å². The molecule has 2 nitrogen and oxygen atoms in total. The van der Waals surface area contributed by atoms with Crippen LogP contribution in [0.2, 0.25) is 0 Å². The summed E-state index contributed by atoms with van der Waals surface area (Å²) in [6, 6.07) is 0. The lowest BCUT2D eigenvalue weighted by molar-refractivity contribution is -0.140. The van der Waals surface area contributed by atoms with Gasteiger partial charge in [0.2, 0.25) is 0 Å². The number of aliphatic carboxylic acids is 1. The third-order valence-electron chi connectivity index (χ3n) is 5.81. The van der Waals surface area contributed by atoms with Crippen LogP contribution in [-0.4, -0.2) is 11.1 Å². The van der Waals surface area contributed by atoms with Crippen molar-refractivity contribution in [3.63, 3.8) is 0 Å². The standard InChI is InChI=1S/C15H24O2/c1-2-11(8-14(16)17)15-12-4-9-3-10(6-12)7-13(15)5-9/h9-13,15H,2-8H2,1H3,(H,16,17). The lowest BCUT2D eigenvalue weighted by Gasteiger charge is -2.56. The fourth-order valence-electron chi connectivity index (χ4n) is 5.51. The summed E-state index contributed by atoms with van der Waals surface area (Å²) in [4.78, 5) is 11.0. The molecule has 0 saturated heterocycles. The Morgan fingerprint density at radius 2 is 1.65 bits per heavy atom. The van der Waals surface area contributed by atoms with Crippen LogP contribution in [0.15, 0.2) is 0 Å². The minimum absolute atomic E-state index is 0.406. The van der Waals surface area contributed by atoms with Crippen molar-refractivity contribution < 1.29 is 9.90 Å². The molecule has 0 heterocycles. The maximum absolute atomic E-state index is 11.0. The van der Waals surface area contributed by atoms with E-state index in [9.17, 15) is 4.79 Å². The van der Waals surface area contributed by atoms with Crippen LogP contribution >= 0.6 is 0 Å². The van der Waals surface area contributed by atoms with Crippen LogP contribution in [0.25, 0.3) is 0 Å². The van der Waals surface area contributed by atoms with Gasteiger partial charge in [-0.1, -0.05) is 13.3 Å². The van der Waals surface area contributed by atoms with Crippen LogP contribution in [0.4, 0.5) is 0 Å². The van der Waals surface area contributed by atoms with E-state index in [1.54, 1.807) is 0 Å². The zero-order valence-electron chi connectivity index (χ0n) is 10.8. The van der Waals surface area contributed by atoms with Crippen LogP contribution < -0.4 is 0 Å². The zero-order chi connectivity index (χ0) is 12.0. The summed E-state index contributed by atoms with van der Waals surface area (Å²) in [5.74, 6) is 4.33. The van der Waals surface area contributed by atoms with Gasteiger partial charge in [-0.15, -0.1) is 0 Å². The summed E-state index contributed by atoms with van der Waals surface area (Å²) < 4.78 is 0. The molecule has 96 valence electrons. The molecule has 0 aromatic heterocycles. The van der Waals surface area contributed by atoms with Crippen LogP contribution in [0.5, 0.6) is 0 Å². The van der Waals surface area contributed by atoms with E-state index < -0.39 is 5.97 Å². The van der Waals surface area contributed by atoms with Gasteiger partial charge in [-0.25, -0.2) is 0 Å². The van der Waals surface area contributed by atoms with Crippen LogP contribution in [0, 0.1) is 35.5 Å². The van der Waals surface area contributed by atoms with Gasteiger partial charge in [-0.3, -0.25) is 4.79 Å². The summed E-state index contributed by atoms with van der Waals surface area (Å²) in [6.45, 7) is 2.18. The summed E-state index contributed by atoms with van der Waals surface area (Å²) in [7, 11) is 0. The van der Waals surface area contributed by atoms with E-state index >= 15 is 0 Å². The van der Waals surface area contributed by atoms with Crippen molar-refractivity contribution in [2.75, 3.05) is 0 Å². The molecule has 0 spiro atoms. The Morgan fingerprint density at radius 3 is 2.06 bits per heavy atom. The molecule has 0 aromatic carbocycles. The molecule has 1 unspecified atom stereocenters. The van der Waals surface area contributed by atoms with E-state index in [2.05, 4.69) is 6.92 Å². The van der Waals surface area contributed by atoms with Gasteiger partial charge in [-0.2, -0.15) is 0 Å². The number of carbonyl (C=O) groups is 1. The van der Waals surface area contributed by atoms with E-state index in [1.807, 2.05) is 0 Å². The van der Waals surface area contributed by atoms with Gasteiger partial charge < -0.3 is 5.11 Å². The molecular weight excluding hydrogens is 212 g/mol. The van der Waals surface area contributed by atoms with E-state index in [-0.39, 0.29) is 0 Å². The minimum Gasteiger partial charge on any atom is -0.481 e. The van der Waals surface area contributed by atoms with Gasteiger partial charge in [0.1, 0.15) is 0 Å². The normalized spacial score (nSPS) is 44.9. The summed E-state index contributed by atoms with van der Waals surface area (Å²) in [5.41, 5.74) is 0. The molecule has 1 atom stereocenters. The molecule has 17 heavy (non-hydrogen) atoms. The Labute approximate surface area is 104 Å². The highest BCUT2D eigenvalue weighted by molar-refractivity contribution is 5.67. The molecule has 4 rings (SSSR count). The Balaban J connectivity index is 1.76. The molecule has 4 aliphatic rings. The molecular formula is C15H24O2. The van der Waals surface area contributed by atoms with Crippen LogP contribution in [-0.2, 0) is 4.79 Å². The Morgan fingerprint density at radius 1 is 1.12 bits per heavy atom. The average Bonchev–Trinajstić information content (AvgIpc) is 2.25. The predicted octanol–water partition coefficient (Wildman–Crippen LogP) is 3.56. The first kappa shape index (κ1) is 11.6. The van der Waals surface area contributed by atoms with Gasteiger partial charge in [0.25, 0.3) is 0 Å². The molecule has 4 aliphatic carbocycles. The van der Waals surface area contributed by atoms with Crippen molar-refractivity contribution >= 4 is 5.97 Å². The summed E-state index contributed by atoms with van der Waals surface area (Å²) >= 11 is 0. The SMILES string of the molecule is CCC(CC(=O)O)C1C2CC3CC(C2)CC1C3. The average molecular weight is 236 g/mol. The molecule has 0 aromatic rings. The summed E-state index contributed by atoms with van der Waals surface area (Å²) in [6.07, 6.45) is 8.58. The van der Waals surface area contributed by atoms with Crippen molar-refractivity contribution in [1.29, 1.82) is 0 Å².